The molecule has 0 atom stereocenters. The minimum atomic E-state index is -0.396. The summed E-state index contributed by atoms with van der Waals surface area (Å²) in [5.74, 6) is -0.396. The topological polar surface area (TPSA) is 69.0 Å². The molecule has 5 nitrogen and oxygen atoms in total. The van der Waals surface area contributed by atoms with Gasteiger partial charge in [0.25, 0.3) is 0 Å². The van der Waals surface area contributed by atoms with Crippen LogP contribution < -0.4 is 11.0 Å². The first kappa shape index (κ1) is 18.6. The number of fused-ring (bicyclic) bond motifs is 1. The Morgan fingerprint density at radius 1 is 1.00 bits per heavy atom. The van der Waals surface area contributed by atoms with E-state index in [1.54, 1.807) is 48.7 Å². The van der Waals surface area contributed by atoms with Crippen molar-refractivity contribution < 1.29 is 9.59 Å². The molecule has 0 spiro atoms. The number of hydrogen-bond acceptors (Lipinski definition) is 4. The van der Waals surface area contributed by atoms with Gasteiger partial charge in [-0.3, -0.25) is 19.4 Å². The molecular weight excluding hydrogens is 363 g/mol. The highest BCUT2D eigenvalue weighted by molar-refractivity contribution is 6.30. The van der Waals surface area contributed by atoms with E-state index in [4.69, 9.17) is 7.85 Å². The molecule has 29 heavy (non-hydrogen) atoms. The number of hydrogen-bond donors (Lipinski definition) is 0. The highest BCUT2D eigenvalue weighted by Crippen LogP contribution is 2.16. The van der Waals surface area contributed by atoms with Crippen molar-refractivity contribution in [1.82, 2.24) is 9.55 Å². The van der Waals surface area contributed by atoms with Crippen LogP contribution in [0.2, 0.25) is 0 Å². The maximum atomic E-state index is 13.0. The lowest BCUT2D eigenvalue weighted by atomic mass is 10.0. The van der Waals surface area contributed by atoms with Crippen LogP contribution in [0.4, 0.5) is 0 Å². The lowest BCUT2D eigenvalue weighted by Gasteiger charge is -2.13. The number of ketones is 1. The molecule has 0 aliphatic carbocycles. The van der Waals surface area contributed by atoms with Gasteiger partial charge in [-0.2, -0.15) is 0 Å². The molecule has 2 aromatic carbocycles. The zero-order valence-electron chi connectivity index (χ0n) is 15.4. The average molecular weight is 378 g/mol. The predicted molar refractivity (Wildman–Crippen MR) is 112 cm³/mol. The molecular formula is C23H15BN2O3. The Morgan fingerprint density at radius 2 is 1.76 bits per heavy atom. The third-order valence-corrected chi connectivity index (χ3v) is 4.70. The van der Waals surface area contributed by atoms with Crippen LogP contribution in [0.1, 0.15) is 32.0 Å². The van der Waals surface area contributed by atoms with Gasteiger partial charge in [0.2, 0.25) is 5.43 Å². The van der Waals surface area contributed by atoms with Crippen LogP contribution in [0.25, 0.3) is 10.9 Å². The summed E-state index contributed by atoms with van der Waals surface area (Å²) in [6.07, 6.45) is 2.27. The number of aldehydes is 1. The van der Waals surface area contributed by atoms with E-state index < -0.39 is 5.78 Å². The van der Waals surface area contributed by atoms with Gasteiger partial charge in [-0.1, -0.05) is 48.5 Å². The molecule has 2 radical (unpaired) electrons. The first-order chi connectivity index (χ1) is 14.1. The van der Waals surface area contributed by atoms with Gasteiger partial charge in [-0.15, -0.1) is 0 Å². The second kappa shape index (κ2) is 7.68. The maximum absolute atomic E-state index is 13.0. The predicted octanol–water partition coefficient (Wildman–Crippen LogP) is 2.28. The Balaban J connectivity index is 1.85. The van der Waals surface area contributed by atoms with Crippen LogP contribution in [-0.2, 0) is 6.54 Å². The molecule has 0 bridgehead atoms. The smallest absolute Gasteiger partial charge is 0.200 e. The van der Waals surface area contributed by atoms with Crippen LogP contribution in [-0.4, -0.2) is 29.5 Å². The Bertz CT molecular complexity index is 1290. The Hall–Kier alpha value is -3.80. The second-order valence-electron chi connectivity index (χ2n) is 6.64. The monoisotopic (exact) mass is 378 g/mol. The van der Waals surface area contributed by atoms with E-state index in [0.717, 1.165) is 0 Å². The summed E-state index contributed by atoms with van der Waals surface area (Å²) in [5.41, 5.74) is 2.36. The van der Waals surface area contributed by atoms with Crippen molar-refractivity contribution in [2.45, 2.75) is 6.54 Å². The van der Waals surface area contributed by atoms with Crippen molar-refractivity contribution in [2.24, 2.45) is 0 Å². The Labute approximate surface area is 168 Å². The van der Waals surface area contributed by atoms with E-state index >= 15 is 0 Å². The highest BCUT2D eigenvalue weighted by atomic mass is 16.1. The lowest BCUT2D eigenvalue weighted by Crippen LogP contribution is -2.21. The van der Waals surface area contributed by atoms with E-state index in [0.29, 0.717) is 46.1 Å². The quantitative estimate of drug-likeness (QED) is 0.304. The van der Waals surface area contributed by atoms with Crippen molar-refractivity contribution in [3.8, 4) is 0 Å². The standard InChI is InChI=1S/C23H15BN2O3/c24-21-7-3-4-17(25-21)12-26-13-19(23(29)18-5-1-2-6-20(18)26)22(28)16-10-8-15(14-27)9-11-16/h1-11,13-14H,12H2. The van der Waals surface area contributed by atoms with Crippen LogP contribution in [0.15, 0.2) is 77.7 Å². The fourth-order valence-corrected chi connectivity index (χ4v) is 3.27. The summed E-state index contributed by atoms with van der Waals surface area (Å²) in [4.78, 5) is 41.2. The molecule has 0 saturated heterocycles. The minimum absolute atomic E-state index is 0.0615. The van der Waals surface area contributed by atoms with Crippen molar-refractivity contribution in [3.05, 3.63) is 106 Å². The van der Waals surface area contributed by atoms with Gasteiger partial charge in [0.15, 0.2) is 5.78 Å². The molecule has 0 fully saturated rings. The van der Waals surface area contributed by atoms with Crippen LogP contribution >= 0.6 is 0 Å². The van der Waals surface area contributed by atoms with E-state index in [9.17, 15) is 14.4 Å². The van der Waals surface area contributed by atoms with Gasteiger partial charge in [0, 0.05) is 22.7 Å². The number of aromatic nitrogens is 2. The van der Waals surface area contributed by atoms with Crippen molar-refractivity contribution in [1.29, 1.82) is 0 Å². The number of para-hydroxylation sites is 1. The van der Waals surface area contributed by atoms with Gasteiger partial charge >= 0.3 is 0 Å². The molecule has 2 heterocycles. The second-order valence-corrected chi connectivity index (χ2v) is 6.64. The van der Waals surface area contributed by atoms with E-state index in [2.05, 4.69) is 4.98 Å². The first-order valence-corrected chi connectivity index (χ1v) is 9.00. The number of pyridine rings is 2. The normalized spacial score (nSPS) is 10.8. The summed E-state index contributed by atoms with van der Waals surface area (Å²) in [6, 6.07) is 18.7. The minimum Gasteiger partial charge on any atom is -0.340 e. The largest absolute Gasteiger partial charge is 0.340 e. The van der Waals surface area contributed by atoms with Gasteiger partial charge in [0.1, 0.15) is 14.1 Å². The van der Waals surface area contributed by atoms with Gasteiger partial charge < -0.3 is 4.57 Å². The number of benzene rings is 2. The molecule has 2 aromatic heterocycles. The summed E-state index contributed by atoms with van der Waals surface area (Å²) in [5, 5.41) is 0.451. The van der Waals surface area contributed by atoms with Crippen molar-refractivity contribution >= 4 is 36.4 Å². The summed E-state index contributed by atoms with van der Waals surface area (Å²) in [6.45, 7) is 0.357. The molecule has 0 saturated carbocycles. The fourth-order valence-electron chi connectivity index (χ4n) is 3.27. The fraction of sp³-hybridized carbons (Fsp3) is 0.0435. The van der Waals surface area contributed by atoms with Crippen LogP contribution in [0, 0.1) is 0 Å². The molecule has 4 rings (SSSR count). The summed E-state index contributed by atoms with van der Waals surface area (Å²) >= 11 is 0. The van der Waals surface area contributed by atoms with Gasteiger partial charge in [0.05, 0.1) is 23.3 Å². The third kappa shape index (κ3) is 3.65. The molecule has 0 N–H and O–H groups in total. The molecule has 0 aliphatic rings. The van der Waals surface area contributed by atoms with Crippen molar-refractivity contribution in [3.63, 3.8) is 0 Å². The van der Waals surface area contributed by atoms with E-state index in [-0.39, 0.29) is 11.0 Å². The molecule has 0 aliphatic heterocycles. The molecule has 4 aromatic rings. The molecule has 6 heteroatoms. The SMILES string of the molecule is [B]c1cccc(Cn2cc(C(=O)c3ccc(C=O)cc3)c(=O)c3ccccc32)n1. The number of nitrogens with zero attached hydrogens (tertiary/aromatic N) is 2. The molecule has 138 valence electrons. The van der Waals surface area contributed by atoms with Crippen LogP contribution in [0.3, 0.4) is 0 Å². The summed E-state index contributed by atoms with van der Waals surface area (Å²) < 4.78 is 1.82. The number of rotatable bonds is 5. The number of carbonyl (C=O) groups is 2. The van der Waals surface area contributed by atoms with Crippen molar-refractivity contribution in [2.75, 3.05) is 0 Å². The summed E-state index contributed by atoms with van der Waals surface area (Å²) in [7, 11) is 5.78. The van der Waals surface area contributed by atoms with Gasteiger partial charge in [-0.25, -0.2) is 0 Å². The van der Waals surface area contributed by atoms with E-state index in [1.165, 1.54) is 0 Å². The van der Waals surface area contributed by atoms with E-state index in [1.807, 2.05) is 28.8 Å². The first-order valence-electron chi connectivity index (χ1n) is 9.00. The zero-order valence-corrected chi connectivity index (χ0v) is 15.4. The zero-order chi connectivity index (χ0) is 20.4. The average Bonchev–Trinajstić information content (AvgIpc) is 2.75. The maximum Gasteiger partial charge on any atom is 0.200 e. The highest BCUT2D eigenvalue weighted by Gasteiger charge is 2.17. The Morgan fingerprint density at radius 3 is 2.48 bits per heavy atom. The van der Waals surface area contributed by atoms with Crippen LogP contribution in [0.5, 0.6) is 0 Å². The molecule has 0 unspecified atom stereocenters. The lowest BCUT2D eigenvalue weighted by molar-refractivity contribution is 0.103. The van der Waals surface area contributed by atoms with Gasteiger partial charge in [-0.05, 0) is 23.8 Å². The third-order valence-electron chi connectivity index (χ3n) is 4.70. The number of carbonyl (C=O) groups excluding carboxylic acids is 2. The molecule has 0 amide bonds. The Kier molecular flexibility index (Phi) is 4.91.